The van der Waals surface area contributed by atoms with E-state index in [1.807, 2.05) is 0 Å². The normalized spacial score (nSPS) is 10.7. The zero-order valence-electron chi connectivity index (χ0n) is 14.9. The van der Waals surface area contributed by atoms with Gasteiger partial charge in [0, 0.05) is 0 Å². The summed E-state index contributed by atoms with van der Waals surface area (Å²) in [4.78, 5) is 4.02. The van der Waals surface area contributed by atoms with E-state index in [4.69, 9.17) is 11.5 Å². The van der Waals surface area contributed by atoms with Crippen LogP contribution in [0.4, 0.5) is 0 Å². The molecule has 0 bridgehead atoms. The molecule has 0 saturated heterocycles. The van der Waals surface area contributed by atoms with Crippen molar-refractivity contribution in [2.45, 2.75) is 84.1 Å². The molecule has 0 unspecified atom stereocenters. The molecule has 0 spiro atoms. The molecule has 0 atom stereocenters. The largest absolute Gasteiger partial charge is 0.370 e. The first-order valence-electron chi connectivity index (χ1n) is 9.35. The number of rotatable bonds is 13. The molecule has 23 heavy (non-hydrogen) atoms. The standard InChI is InChI=1S/C20H35N3/c1-2-3-4-5-6-7-8-9-10-11-12-18-13-15-19(16-14-18)17-23-20(21)22/h13-16H,2-12,17H2,1H3,(H4,21,22,23). The molecule has 0 amide bonds. The van der Waals surface area contributed by atoms with Crippen molar-refractivity contribution in [1.29, 1.82) is 0 Å². The van der Waals surface area contributed by atoms with Crippen molar-refractivity contribution in [3.05, 3.63) is 35.4 Å². The fourth-order valence-electron chi connectivity index (χ4n) is 2.81. The Morgan fingerprint density at radius 3 is 1.74 bits per heavy atom. The number of aryl methyl sites for hydroxylation is 1. The summed E-state index contributed by atoms with van der Waals surface area (Å²) in [6.45, 7) is 2.85. The molecule has 0 aliphatic carbocycles. The number of nitrogens with two attached hydrogens (primary N) is 2. The lowest BCUT2D eigenvalue weighted by molar-refractivity contribution is 0.556. The highest BCUT2D eigenvalue weighted by Crippen LogP contribution is 2.13. The molecular formula is C20H35N3. The van der Waals surface area contributed by atoms with Gasteiger partial charge in [-0.25, -0.2) is 4.99 Å². The van der Waals surface area contributed by atoms with E-state index in [0.29, 0.717) is 6.54 Å². The lowest BCUT2D eigenvalue weighted by Gasteiger charge is -2.04. The van der Waals surface area contributed by atoms with Gasteiger partial charge in [-0.1, -0.05) is 89.0 Å². The molecule has 0 heterocycles. The molecular weight excluding hydrogens is 282 g/mol. The Morgan fingerprint density at radius 1 is 0.739 bits per heavy atom. The van der Waals surface area contributed by atoms with Gasteiger partial charge in [-0.2, -0.15) is 0 Å². The van der Waals surface area contributed by atoms with E-state index in [-0.39, 0.29) is 5.96 Å². The summed E-state index contributed by atoms with van der Waals surface area (Å²) in [5.41, 5.74) is 13.3. The van der Waals surface area contributed by atoms with Crippen molar-refractivity contribution in [2.24, 2.45) is 16.5 Å². The first-order chi connectivity index (χ1) is 11.2. The van der Waals surface area contributed by atoms with Crippen LogP contribution in [0.15, 0.2) is 29.3 Å². The highest BCUT2D eigenvalue weighted by atomic mass is 15.0. The molecule has 0 fully saturated rings. The molecule has 1 rings (SSSR count). The smallest absolute Gasteiger partial charge is 0.186 e. The summed E-state index contributed by atoms with van der Waals surface area (Å²) < 4.78 is 0. The van der Waals surface area contributed by atoms with Crippen LogP contribution in [0.1, 0.15) is 82.3 Å². The van der Waals surface area contributed by atoms with Crippen LogP contribution in [0.25, 0.3) is 0 Å². The third kappa shape index (κ3) is 10.8. The molecule has 4 N–H and O–H groups in total. The van der Waals surface area contributed by atoms with E-state index in [2.05, 4.69) is 36.2 Å². The van der Waals surface area contributed by atoms with Gasteiger partial charge < -0.3 is 11.5 Å². The van der Waals surface area contributed by atoms with Gasteiger partial charge in [0.15, 0.2) is 5.96 Å². The lowest BCUT2D eigenvalue weighted by atomic mass is 10.0. The summed E-state index contributed by atoms with van der Waals surface area (Å²) in [5, 5.41) is 0. The van der Waals surface area contributed by atoms with Crippen LogP contribution in [0.5, 0.6) is 0 Å². The molecule has 0 radical (unpaired) electrons. The Morgan fingerprint density at radius 2 is 1.22 bits per heavy atom. The van der Waals surface area contributed by atoms with Crippen molar-refractivity contribution < 1.29 is 0 Å². The van der Waals surface area contributed by atoms with Crippen molar-refractivity contribution in [2.75, 3.05) is 0 Å². The predicted octanol–water partition coefficient (Wildman–Crippen LogP) is 4.92. The molecule has 130 valence electrons. The van der Waals surface area contributed by atoms with Crippen molar-refractivity contribution in [3.8, 4) is 0 Å². The van der Waals surface area contributed by atoms with Gasteiger partial charge in [-0.15, -0.1) is 0 Å². The third-order valence-electron chi connectivity index (χ3n) is 4.29. The number of unbranched alkanes of at least 4 members (excludes halogenated alkanes) is 9. The number of guanidine groups is 1. The molecule has 0 aliphatic rings. The number of nitrogens with zero attached hydrogens (tertiary/aromatic N) is 1. The lowest BCUT2D eigenvalue weighted by Crippen LogP contribution is -2.22. The Balaban J connectivity index is 2.02. The molecule has 1 aromatic rings. The van der Waals surface area contributed by atoms with Gasteiger partial charge in [-0.3, -0.25) is 0 Å². The van der Waals surface area contributed by atoms with Crippen LogP contribution in [0.2, 0.25) is 0 Å². The second-order valence-corrected chi connectivity index (χ2v) is 6.49. The number of hydrogen-bond acceptors (Lipinski definition) is 1. The van der Waals surface area contributed by atoms with Gasteiger partial charge in [-0.05, 0) is 24.0 Å². The molecule has 0 aliphatic heterocycles. The highest BCUT2D eigenvalue weighted by Gasteiger charge is 1.97. The van der Waals surface area contributed by atoms with Gasteiger partial charge >= 0.3 is 0 Å². The van der Waals surface area contributed by atoms with Gasteiger partial charge in [0.2, 0.25) is 0 Å². The molecule has 0 saturated carbocycles. The topological polar surface area (TPSA) is 64.4 Å². The summed E-state index contributed by atoms with van der Waals surface area (Å²) in [7, 11) is 0. The quantitative estimate of drug-likeness (QED) is 0.308. The van der Waals surface area contributed by atoms with Gasteiger partial charge in [0.25, 0.3) is 0 Å². The Hall–Kier alpha value is -1.51. The average molecular weight is 318 g/mol. The van der Waals surface area contributed by atoms with E-state index in [1.54, 1.807) is 0 Å². The van der Waals surface area contributed by atoms with E-state index < -0.39 is 0 Å². The number of benzene rings is 1. The highest BCUT2D eigenvalue weighted by molar-refractivity contribution is 5.75. The zero-order valence-corrected chi connectivity index (χ0v) is 14.9. The summed E-state index contributed by atoms with van der Waals surface area (Å²) in [6.07, 6.45) is 15.1. The van der Waals surface area contributed by atoms with Crippen molar-refractivity contribution >= 4 is 5.96 Å². The maximum Gasteiger partial charge on any atom is 0.186 e. The third-order valence-corrected chi connectivity index (χ3v) is 4.29. The summed E-state index contributed by atoms with van der Waals surface area (Å²) in [6, 6.07) is 8.65. The molecule has 3 heteroatoms. The average Bonchev–Trinajstić information content (AvgIpc) is 2.55. The molecule has 0 aromatic heterocycles. The van der Waals surface area contributed by atoms with Crippen LogP contribution in [-0.2, 0) is 13.0 Å². The van der Waals surface area contributed by atoms with Crippen LogP contribution in [0.3, 0.4) is 0 Å². The maximum absolute atomic E-state index is 5.34. The molecule has 1 aromatic carbocycles. The number of aliphatic imine (C=N–C) groups is 1. The SMILES string of the molecule is CCCCCCCCCCCCc1ccc(CN=C(N)N)cc1. The van der Waals surface area contributed by atoms with E-state index in [1.165, 1.54) is 76.2 Å². The van der Waals surface area contributed by atoms with Crippen molar-refractivity contribution in [3.63, 3.8) is 0 Å². The first kappa shape index (κ1) is 19.5. The summed E-state index contributed by atoms with van der Waals surface area (Å²) in [5.74, 6) is 0.152. The van der Waals surface area contributed by atoms with Crippen LogP contribution in [-0.4, -0.2) is 5.96 Å². The number of hydrogen-bond donors (Lipinski definition) is 2. The van der Waals surface area contributed by atoms with Crippen molar-refractivity contribution in [1.82, 2.24) is 0 Å². The van der Waals surface area contributed by atoms with Gasteiger partial charge in [0.05, 0.1) is 6.54 Å². The van der Waals surface area contributed by atoms with Gasteiger partial charge in [0.1, 0.15) is 0 Å². The Labute approximate surface area is 142 Å². The van der Waals surface area contributed by atoms with Crippen LogP contribution >= 0.6 is 0 Å². The van der Waals surface area contributed by atoms with Crippen LogP contribution in [0, 0.1) is 0 Å². The predicted molar refractivity (Wildman–Crippen MR) is 102 cm³/mol. The molecule has 3 nitrogen and oxygen atoms in total. The Kier molecular flexibility index (Phi) is 11.0. The maximum atomic E-state index is 5.34. The van der Waals surface area contributed by atoms with E-state index in [0.717, 1.165) is 5.56 Å². The minimum absolute atomic E-state index is 0.152. The minimum Gasteiger partial charge on any atom is -0.370 e. The zero-order chi connectivity index (χ0) is 16.8. The summed E-state index contributed by atoms with van der Waals surface area (Å²) >= 11 is 0. The Bertz CT molecular complexity index is 419. The second kappa shape index (κ2) is 13.0. The monoisotopic (exact) mass is 317 g/mol. The second-order valence-electron chi connectivity index (χ2n) is 6.49. The van der Waals surface area contributed by atoms with E-state index >= 15 is 0 Å². The van der Waals surface area contributed by atoms with E-state index in [9.17, 15) is 0 Å². The fraction of sp³-hybridized carbons (Fsp3) is 0.650. The fourth-order valence-corrected chi connectivity index (χ4v) is 2.81. The minimum atomic E-state index is 0.152. The first-order valence-corrected chi connectivity index (χ1v) is 9.35. The van der Waals surface area contributed by atoms with Crippen LogP contribution < -0.4 is 11.5 Å².